The van der Waals surface area contributed by atoms with Crippen LogP contribution in [0, 0.1) is 0 Å². The van der Waals surface area contributed by atoms with E-state index in [0.717, 1.165) is 11.3 Å². The van der Waals surface area contributed by atoms with Crippen LogP contribution in [0.25, 0.3) is 0 Å². The zero-order valence-electron chi connectivity index (χ0n) is 13.1. The summed E-state index contributed by atoms with van der Waals surface area (Å²) in [5.41, 5.74) is 1.68. The van der Waals surface area contributed by atoms with E-state index >= 15 is 0 Å². The van der Waals surface area contributed by atoms with Crippen LogP contribution in [0.1, 0.15) is 5.56 Å². The molecule has 6 heteroatoms. The fourth-order valence-corrected chi connectivity index (χ4v) is 1.91. The number of benzene rings is 2. The molecule has 0 aliphatic rings. The molecule has 2 N–H and O–H groups in total. The molecule has 0 saturated heterocycles. The van der Waals surface area contributed by atoms with Gasteiger partial charge in [0.05, 0.1) is 0 Å². The van der Waals surface area contributed by atoms with Gasteiger partial charge >= 0.3 is 12.1 Å². The van der Waals surface area contributed by atoms with Crippen LogP contribution in [-0.2, 0) is 6.54 Å². The molecular formula is C17H19N3O3. The highest BCUT2D eigenvalue weighted by Gasteiger charge is 2.09. The minimum absolute atomic E-state index is 0.193. The van der Waals surface area contributed by atoms with E-state index in [1.807, 2.05) is 42.5 Å². The molecule has 0 heterocycles. The molecule has 2 aromatic rings. The number of nitrogens with one attached hydrogen (secondary N) is 2. The molecule has 0 radical (unpaired) electrons. The van der Waals surface area contributed by atoms with Crippen LogP contribution in [0.2, 0.25) is 0 Å². The summed E-state index contributed by atoms with van der Waals surface area (Å²) in [7, 11) is 3.21. The zero-order chi connectivity index (χ0) is 16.7. The van der Waals surface area contributed by atoms with Crippen molar-refractivity contribution in [1.82, 2.24) is 10.2 Å². The fraction of sp³-hybridized carbons (Fsp3) is 0.176. The molecule has 2 rings (SSSR count). The van der Waals surface area contributed by atoms with Crippen LogP contribution in [0.5, 0.6) is 5.75 Å². The summed E-state index contributed by atoms with van der Waals surface area (Å²) in [4.78, 5) is 24.8. The van der Waals surface area contributed by atoms with Gasteiger partial charge in [0.1, 0.15) is 5.75 Å². The van der Waals surface area contributed by atoms with Gasteiger partial charge in [-0.25, -0.2) is 9.59 Å². The molecule has 2 aromatic carbocycles. The van der Waals surface area contributed by atoms with Gasteiger partial charge in [0.15, 0.2) is 0 Å². The third kappa shape index (κ3) is 5.03. The average molecular weight is 313 g/mol. The second-order valence-corrected chi connectivity index (χ2v) is 4.94. The topological polar surface area (TPSA) is 70.7 Å². The lowest BCUT2D eigenvalue weighted by Crippen LogP contribution is -2.30. The molecule has 0 aliphatic carbocycles. The Hall–Kier alpha value is -3.02. The lowest BCUT2D eigenvalue weighted by atomic mass is 10.2. The number of carbonyl (C=O) groups is 2. The van der Waals surface area contributed by atoms with Crippen LogP contribution in [0.4, 0.5) is 15.3 Å². The summed E-state index contributed by atoms with van der Waals surface area (Å²) in [6.07, 6.45) is -0.517. The number of carbonyl (C=O) groups excluding carboxylic acids is 2. The van der Waals surface area contributed by atoms with Crippen LogP contribution >= 0.6 is 0 Å². The second-order valence-electron chi connectivity index (χ2n) is 4.94. The number of urea groups is 1. The van der Waals surface area contributed by atoms with Gasteiger partial charge < -0.3 is 20.3 Å². The van der Waals surface area contributed by atoms with E-state index in [4.69, 9.17) is 4.74 Å². The Balaban J connectivity index is 1.90. The minimum atomic E-state index is -0.517. The summed E-state index contributed by atoms with van der Waals surface area (Å²) in [6.45, 7) is 0.443. The van der Waals surface area contributed by atoms with E-state index in [2.05, 4.69) is 10.6 Å². The van der Waals surface area contributed by atoms with Crippen molar-refractivity contribution in [2.75, 3.05) is 19.4 Å². The predicted molar refractivity (Wildman–Crippen MR) is 88.5 cm³/mol. The van der Waals surface area contributed by atoms with Gasteiger partial charge in [-0.15, -0.1) is 0 Å². The lowest BCUT2D eigenvalue weighted by molar-refractivity contribution is 0.203. The molecule has 120 valence electrons. The Morgan fingerprint density at radius 1 is 1.04 bits per heavy atom. The molecule has 0 bridgehead atoms. The maximum atomic E-state index is 12.1. The monoisotopic (exact) mass is 313 g/mol. The Kier molecular flexibility index (Phi) is 5.57. The molecule has 0 spiro atoms. The predicted octanol–water partition coefficient (Wildman–Crippen LogP) is 3.07. The second kappa shape index (κ2) is 7.84. The van der Waals surface area contributed by atoms with Crippen molar-refractivity contribution >= 4 is 17.8 Å². The average Bonchev–Trinajstić information content (AvgIpc) is 2.57. The number of anilines is 1. The van der Waals surface area contributed by atoms with Crippen LogP contribution in [0.15, 0.2) is 54.6 Å². The van der Waals surface area contributed by atoms with Crippen molar-refractivity contribution < 1.29 is 14.3 Å². The Labute approximate surface area is 135 Å². The zero-order valence-corrected chi connectivity index (χ0v) is 13.1. The maximum Gasteiger partial charge on any atom is 0.412 e. The van der Waals surface area contributed by atoms with Crippen LogP contribution in [-0.4, -0.2) is 31.1 Å². The first-order chi connectivity index (χ1) is 11.1. The summed E-state index contributed by atoms with van der Waals surface area (Å²) < 4.78 is 5.01. The van der Waals surface area contributed by atoms with E-state index < -0.39 is 6.09 Å². The van der Waals surface area contributed by atoms with E-state index in [-0.39, 0.29) is 6.03 Å². The van der Waals surface area contributed by atoms with Crippen molar-refractivity contribution in [2.45, 2.75) is 6.54 Å². The number of hydrogen-bond donors (Lipinski definition) is 2. The molecule has 0 saturated carbocycles. The van der Waals surface area contributed by atoms with E-state index in [9.17, 15) is 9.59 Å². The van der Waals surface area contributed by atoms with Gasteiger partial charge in [-0.2, -0.15) is 0 Å². The highest BCUT2D eigenvalue weighted by molar-refractivity contribution is 5.89. The fourth-order valence-electron chi connectivity index (χ4n) is 1.91. The number of ether oxygens (including phenoxy) is 1. The van der Waals surface area contributed by atoms with Crippen molar-refractivity contribution in [3.8, 4) is 5.75 Å². The van der Waals surface area contributed by atoms with E-state index in [1.54, 1.807) is 24.1 Å². The van der Waals surface area contributed by atoms with Crippen molar-refractivity contribution in [2.24, 2.45) is 0 Å². The molecule has 0 atom stereocenters. The Morgan fingerprint density at radius 2 is 1.70 bits per heavy atom. The quantitative estimate of drug-likeness (QED) is 0.911. The maximum absolute atomic E-state index is 12.1. The molecule has 23 heavy (non-hydrogen) atoms. The van der Waals surface area contributed by atoms with Crippen LogP contribution in [0.3, 0.4) is 0 Å². The van der Waals surface area contributed by atoms with Gasteiger partial charge in [-0.3, -0.25) is 0 Å². The minimum Gasteiger partial charge on any atom is -0.410 e. The molecule has 6 nitrogen and oxygen atoms in total. The smallest absolute Gasteiger partial charge is 0.410 e. The first-order valence-corrected chi connectivity index (χ1v) is 7.14. The number of amides is 3. The molecule has 0 fully saturated rings. The largest absolute Gasteiger partial charge is 0.412 e. The number of rotatable bonds is 4. The van der Waals surface area contributed by atoms with Crippen LogP contribution < -0.4 is 15.4 Å². The third-order valence-corrected chi connectivity index (χ3v) is 3.13. The summed E-state index contributed by atoms with van der Waals surface area (Å²) in [6, 6.07) is 16.1. The van der Waals surface area contributed by atoms with Gasteiger partial charge in [0.25, 0.3) is 0 Å². The van der Waals surface area contributed by atoms with Crippen molar-refractivity contribution in [1.29, 1.82) is 0 Å². The molecular weight excluding hydrogens is 294 g/mol. The van der Waals surface area contributed by atoms with Gasteiger partial charge in [0, 0.05) is 26.3 Å². The number of hydrogen-bond acceptors (Lipinski definition) is 3. The first kappa shape index (κ1) is 16.4. The Bertz CT molecular complexity index is 657. The summed E-state index contributed by atoms with van der Waals surface area (Å²) >= 11 is 0. The van der Waals surface area contributed by atoms with Gasteiger partial charge in [-0.05, 0) is 29.8 Å². The summed E-state index contributed by atoms with van der Waals surface area (Å²) in [5.74, 6) is 0.449. The number of para-hydroxylation sites is 1. The normalized spacial score (nSPS) is 9.83. The lowest BCUT2D eigenvalue weighted by Gasteiger charge is -2.18. The highest BCUT2D eigenvalue weighted by Crippen LogP contribution is 2.14. The van der Waals surface area contributed by atoms with Crippen molar-refractivity contribution in [3.63, 3.8) is 0 Å². The van der Waals surface area contributed by atoms with E-state index in [1.165, 1.54) is 7.05 Å². The molecule has 3 amide bonds. The highest BCUT2D eigenvalue weighted by atomic mass is 16.5. The summed E-state index contributed by atoms with van der Waals surface area (Å²) in [5, 5.41) is 5.19. The SMILES string of the molecule is CNC(=O)Oc1ccc(CN(C)C(=O)Nc2ccccc2)cc1. The number of nitrogens with zero attached hydrogens (tertiary/aromatic N) is 1. The first-order valence-electron chi connectivity index (χ1n) is 7.14. The van der Waals surface area contributed by atoms with Crippen molar-refractivity contribution in [3.05, 3.63) is 60.2 Å². The molecule has 0 unspecified atom stereocenters. The Morgan fingerprint density at radius 3 is 2.30 bits per heavy atom. The van der Waals surface area contributed by atoms with E-state index in [0.29, 0.717) is 12.3 Å². The standard InChI is InChI=1S/C17H19N3O3/c1-18-17(22)23-15-10-8-13(9-11-15)12-20(2)16(21)19-14-6-4-3-5-7-14/h3-11H,12H2,1-2H3,(H,18,22)(H,19,21). The van der Waals surface area contributed by atoms with Gasteiger partial charge in [-0.1, -0.05) is 30.3 Å². The molecule has 0 aromatic heterocycles. The molecule has 0 aliphatic heterocycles. The van der Waals surface area contributed by atoms with Gasteiger partial charge in [0.2, 0.25) is 0 Å². The third-order valence-electron chi connectivity index (χ3n) is 3.13.